The molecule has 6 heteroatoms. The highest BCUT2D eigenvalue weighted by Crippen LogP contribution is 2.30. The maximum atomic E-state index is 12.9. The van der Waals surface area contributed by atoms with Crippen molar-refractivity contribution in [3.05, 3.63) is 89.4 Å². The molecule has 1 aliphatic rings. The lowest BCUT2D eigenvalue weighted by Crippen LogP contribution is -2.33. The van der Waals surface area contributed by atoms with Crippen LogP contribution in [0.1, 0.15) is 24.8 Å². The van der Waals surface area contributed by atoms with Crippen LogP contribution in [0.25, 0.3) is 22.3 Å². The Kier molecular flexibility index (Phi) is 6.72. The van der Waals surface area contributed by atoms with E-state index in [2.05, 4.69) is 17.0 Å². The number of fused-ring (bicyclic) bond motifs is 1. The molecule has 0 spiro atoms. The van der Waals surface area contributed by atoms with E-state index in [0.717, 1.165) is 53.8 Å². The normalized spacial score (nSPS) is 13.4. The molecule has 5 rings (SSSR count). The smallest absolute Gasteiger partial charge is 0.224 e. The zero-order valence-electron chi connectivity index (χ0n) is 19.0. The molecule has 5 nitrogen and oxygen atoms in total. The summed E-state index contributed by atoms with van der Waals surface area (Å²) in [5, 5.41) is 1.56. The van der Waals surface area contributed by atoms with Gasteiger partial charge in [0.1, 0.15) is 5.82 Å². The van der Waals surface area contributed by atoms with Crippen LogP contribution < -0.4 is 4.90 Å². The number of amides is 1. The minimum Gasteiger partial charge on any atom is -0.351 e. The predicted molar refractivity (Wildman–Crippen MR) is 138 cm³/mol. The van der Waals surface area contributed by atoms with Gasteiger partial charge in [0.25, 0.3) is 0 Å². The molecule has 4 aromatic rings. The molecule has 3 aromatic carbocycles. The summed E-state index contributed by atoms with van der Waals surface area (Å²) in [6.45, 7) is 2.96. The number of nitrogens with zero attached hydrogens (tertiary/aromatic N) is 4. The number of hydrogen-bond acceptors (Lipinski definition) is 4. The van der Waals surface area contributed by atoms with Gasteiger partial charge in [0.15, 0.2) is 5.82 Å². The Bertz CT molecular complexity index is 1270. The molecule has 0 saturated carbocycles. The first-order chi connectivity index (χ1) is 16.7. The lowest BCUT2D eigenvalue weighted by atomic mass is 10.1. The summed E-state index contributed by atoms with van der Waals surface area (Å²) in [4.78, 5) is 26.9. The summed E-state index contributed by atoms with van der Waals surface area (Å²) >= 11 is 6.33. The van der Waals surface area contributed by atoms with E-state index in [0.29, 0.717) is 30.4 Å². The molecule has 1 saturated heterocycles. The van der Waals surface area contributed by atoms with Crippen LogP contribution in [0.15, 0.2) is 78.9 Å². The lowest BCUT2D eigenvalue weighted by molar-refractivity contribution is -0.129. The number of halogens is 1. The number of carbonyl (C=O) groups excluding carboxylic acids is 1. The molecular formula is C28H27ClN4O. The average Bonchev–Trinajstić information content (AvgIpc) is 3.42. The Labute approximate surface area is 205 Å². The van der Waals surface area contributed by atoms with Crippen molar-refractivity contribution in [2.24, 2.45) is 0 Å². The van der Waals surface area contributed by atoms with Gasteiger partial charge in [-0.05, 0) is 36.6 Å². The standard InChI is InChI=1S/C28H27ClN4O/c29-23-13-14-24-25(19-23)30-27(22-11-5-2-6-12-22)31-28(24)33(20-21-9-3-1-4-10-21)18-15-26(34)32-16-7-8-17-32/h1-6,9-14,19H,7-8,15-18,20H2. The van der Waals surface area contributed by atoms with Gasteiger partial charge in [-0.3, -0.25) is 4.79 Å². The third-order valence-electron chi connectivity index (χ3n) is 6.24. The zero-order valence-corrected chi connectivity index (χ0v) is 19.8. The van der Waals surface area contributed by atoms with Crippen LogP contribution in [-0.4, -0.2) is 40.4 Å². The quantitative estimate of drug-likeness (QED) is 0.334. The average molecular weight is 471 g/mol. The zero-order chi connectivity index (χ0) is 23.3. The monoisotopic (exact) mass is 470 g/mol. The van der Waals surface area contributed by atoms with Crippen molar-refractivity contribution < 1.29 is 4.79 Å². The van der Waals surface area contributed by atoms with Gasteiger partial charge in [-0.2, -0.15) is 0 Å². The predicted octanol–water partition coefficient (Wildman–Crippen LogP) is 5.97. The fourth-order valence-electron chi connectivity index (χ4n) is 4.46. The van der Waals surface area contributed by atoms with Crippen molar-refractivity contribution in [3.8, 4) is 11.4 Å². The van der Waals surface area contributed by atoms with E-state index in [1.54, 1.807) is 0 Å². The van der Waals surface area contributed by atoms with Crippen molar-refractivity contribution in [2.75, 3.05) is 24.5 Å². The molecule has 1 aliphatic heterocycles. The van der Waals surface area contributed by atoms with Gasteiger partial charge in [0, 0.05) is 48.6 Å². The number of benzene rings is 3. The van der Waals surface area contributed by atoms with E-state index in [1.165, 1.54) is 0 Å². The molecule has 0 bridgehead atoms. The van der Waals surface area contributed by atoms with Crippen molar-refractivity contribution in [1.29, 1.82) is 0 Å². The molecule has 0 radical (unpaired) electrons. The van der Waals surface area contributed by atoms with Crippen LogP contribution in [0, 0.1) is 0 Å². The second kappa shape index (κ2) is 10.2. The highest BCUT2D eigenvalue weighted by molar-refractivity contribution is 6.31. The number of rotatable bonds is 7. The molecule has 1 aromatic heterocycles. The van der Waals surface area contributed by atoms with Crippen LogP contribution in [0.4, 0.5) is 5.82 Å². The van der Waals surface area contributed by atoms with E-state index in [9.17, 15) is 4.79 Å². The van der Waals surface area contributed by atoms with Gasteiger partial charge < -0.3 is 9.80 Å². The molecule has 0 aliphatic carbocycles. The van der Waals surface area contributed by atoms with Crippen LogP contribution in [0.5, 0.6) is 0 Å². The minimum atomic E-state index is 0.209. The number of anilines is 1. The van der Waals surface area contributed by atoms with E-state index >= 15 is 0 Å². The second-order valence-electron chi connectivity index (χ2n) is 8.64. The van der Waals surface area contributed by atoms with Gasteiger partial charge in [0.2, 0.25) is 5.91 Å². The Morgan fingerprint density at radius 3 is 2.35 bits per heavy atom. The summed E-state index contributed by atoms with van der Waals surface area (Å²) in [6.07, 6.45) is 2.64. The Balaban J connectivity index is 1.56. The van der Waals surface area contributed by atoms with E-state index in [-0.39, 0.29) is 5.91 Å². The number of carbonyl (C=O) groups is 1. The number of hydrogen-bond donors (Lipinski definition) is 0. The van der Waals surface area contributed by atoms with Crippen LogP contribution in [0.3, 0.4) is 0 Å². The van der Waals surface area contributed by atoms with Crippen LogP contribution in [-0.2, 0) is 11.3 Å². The Morgan fingerprint density at radius 1 is 0.912 bits per heavy atom. The number of likely N-dealkylation sites (tertiary alicyclic amines) is 1. The van der Waals surface area contributed by atoms with E-state index in [4.69, 9.17) is 21.6 Å². The van der Waals surface area contributed by atoms with Crippen LogP contribution >= 0.6 is 11.6 Å². The molecular weight excluding hydrogens is 444 g/mol. The molecule has 0 N–H and O–H groups in total. The first-order valence-corrected chi connectivity index (χ1v) is 12.1. The highest BCUT2D eigenvalue weighted by Gasteiger charge is 2.21. The molecule has 34 heavy (non-hydrogen) atoms. The molecule has 0 unspecified atom stereocenters. The van der Waals surface area contributed by atoms with Crippen molar-refractivity contribution in [3.63, 3.8) is 0 Å². The largest absolute Gasteiger partial charge is 0.351 e. The maximum Gasteiger partial charge on any atom is 0.224 e. The molecule has 0 atom stereocenters. The first kappa shape index (κ1) is 22.4. The third kappa shape index (κ3) is 5.05. The summed E-state index contributed by atoms with van der Waals surface area (Å²) in [6, 6.07) is 26.0. The summed E-state index contributed by atoms with van der Waals surface area (Å²) in [5.74, 6) is 1.67. The fourth-order valence-corrected chi connectivity index (χ4v) is 4.63. The topological polar surface area (TPSA) is 49.3 Å². The van der Waals surface area contributed by atoms with Gasteiger partial charge in [-0.25, -0.2) is 9.97 Å². The van der Waals surface area contributed by atoms with Gasteiger partial charge >= 0.3 is 0 Å². The minimum absolute atomic E-state index is 0.209. The Hall–Kier alpha value is -3.44. The highest BCUT2D eigenvalue weighted by atomic mass is 35.5. The molecule has 2 heterocycles. The lowest BCUT2D eigenvalue weighted by Gasteiger charge is -2.26. The van der Waals surface area contributed by atoms with Crippen LogP contribution in [0.2, 0.25) is 5.02 Å². The second-order valence-corrected chi connectivity index (χ2v) is 9.08. The fraction of sp³-hybridized carbons (Fsp3) is 0.250. The summed E-state index contributed by atoms with van der Waals surface area (Å²) < 4.78 is 0. The summed E-state index contributed by atoms with van der Waals surface area (Å²) in [5.41, 5.74) is 2.90. The van der Waals surface area contributed by atoms with Gasteiger partial charge in [0.05, 0.1) is 5.52 Å². The molecule has 1 amide bonds. The van der Waals surface area contributed by atoms with Crippen molar-refractivity contribution in [1.82, 2.24) is 14.9 Å². The third-order valence-corrected chi connectivity index (χ3v) is 6.48. The van der Waals surface area contributed by atoms with E-state index in [1.807, 2.05) is 71.6 Å². The van der Waals surface area contributed by atoms with E-state index < -0.39 is 0 Å². The van der Waals surface area contributed by atoms with Gasteiger partial charge in [-0.1, -0.05) is 72.3 Å². The maximum absolute atomic E-state index is 12.9. The number of aromatic nitrogens is 2. The van der Waals surface area contributed by atoms with Crippen molar-refractivity contribution >= 4 is 34.2 Å². The van der Waals surface area contributed by atoms with Crippen molar-refractivity contribution in [2.45, 2.75) is 25.8 Å². The summed E-state index contributed by atoms with van der Waals surface area (Å²) in [7, 11) is 0. The van der Waals surface area contributed by atoms with Gasteiger partial charge in [-0.15, -0.1) is 0 Å². The SMILES string of the molecule is O=C(CCN(Cc1ccccc1)c1nc(-c2ccccc2)nc2cc(Cl)ccc12)N1CCCC1. The first-order valence-electron chi connectivity index (χ1n) is 11.8. The Morgan fingerprint density at radius 2 is 1.62 bits per heavy atom. The molecule has 1 fully saturated rings. The molecule has 172 valence electrons.